The molecule has 1 saturated heterocycles. The zero-order valence-corrected chi connectivity index (χ0v) is 16.0. The molecule has 0 spiro atoms. The Labute approximate surface area is 147 Å². The van der Waals surface area contributed by atoms with Gasteiger partial charge in [0.25, 0.3) is 5.56 Å². The average molecular weight is 414 g/mol. The summed E-state index contributed by atoms with van der Waals surface area (Å²) in [5.41, 5.74) is -2.22. The number of aromatic amines is 1. The van der Waals surface area contributed by atoms with E-state index < -0.39 is 51.3 Å². The number of H-pyrrole nitrogens is 1. The Balaban J connectivity index is 2.32. The van der Waals surface area contributed by atoms with Gasteiger partial charge in [0, 0.05) is 32.4 Å². The summed E-state index contributed by atoms with van der Waals surface area (Å²) in [5.74, 6) is 0. The number of hydrogen-bond acceptors (Lipinski definition) is 8. The highest BCUT2D eigenvalue weighted by molar-refractivity contribution is 7.53. The molecule has 2 rings (SSSR count). The van der Waals surface area contributed by atoms with Crippen molar-refractivity contribution in [2.45, 2.75) is 31.3 Å². The lowest BCUT2D eigenvalue weighted by Gasteiger charge is -2.22. The van der Waals surface area contributed by atoms with Crippen molar-refractivity contribution in [1.82, 2.24) is 9.55 Å². The first kappa shape index (κ1) is 21.2. The highest BCUT2D eigenvalue weighted by Crippen LogP contribution is 2.55. The fraction of sp³-hybridized carbons (Fsp3) is 0.667. The van der Waals surface area contributed by atoms with Gasteiger partial charge in [-0.25, -0.2) is 9.36 Å². The first-order valence-corrected chi connectivity index (χ1v) is 10.5. The van der Waals surface area contributed by atoms with Gasteiger partial charge in [0.05, 0.1) is 18.4 Å². The number of hydrogen-bond donors (Lipinski definition) is 3. The minimum Gasteiger partial charge on any atom is -0.351 e. The third kappa shape index (κ3) is 4.59. The van der Waals surface area contributed by atoms with Crippen LogP contribution in [0.2, 0.25) is 0 Å². The first-order chi connectivity index (χ1) is 12.0. The number of phosphoric ester groups is 1. The predicted octanol–water partition coefficient (Wildman–Crippen LogP) is 0.0963. The molecule has 1 aromatic rings. The highest BCUT2D eigenvalue weighted by Gasteiger charge is 2.48. The summed E-state index contributed by atoms with van der Waals surface area (Å²) < 4.78 is 44.0. The molecule has 2 heterocycles. The van der Waals surface area contributed by atoms with Gasteiger partial charge in [0.2, 0.25) is 0 Å². The van der Waals surface area contributed by atoms with Gasteiger partial charge in [-0.3, -0.25) is 28.0 Å². The molecule has 0 bridgehead atoms. The second-order valence-corrected chi connectivity index (χ2v) is 9.32. The standard InChI is InChI=1S/C12H20N2O10P2/c1-7-5-14(12(16)13-11(7)15)10-4-9(25(17,18)21-2)8(24-10)6-23-26(19,20)22-3/h5,8-10H,4,6H2,1-3H3,(H,17,18)(H,19,20)(H,13,15,16)/t8-,9?,10-/m1/s1. The van der Waals surface area contributed by atoms with Crippen molar-refractivity contribution in [1.29, 1.82) is 0 Å². The normalized spacial score (nSPS) is 27.8. The molecule has 0 aliphatic carbocycles. The van der Waals surface area contributed by atoms with Crippen molar-refractivity contribution in [3.8, 4) is 0 Å². The van der Waals surface area contributed by atoms with E-state index in [1.54, 1.807) is 0 Å². The molecule has 3 unspecified atom stereocenters. The van der Waals surface area contributed by atoms with Crippen LogP contribution < -0.4 is 11.2 Å². The molecule has 1 aliphatic rings. The Morgan fingerprint density at radius 3 is 2.54 bits per heavy atom. The van der Waals surface area contributed by atoms with E-state index in [-0.39, 0.29) is 12.0 Å². The maximum absolute atomic E-state index is 12.3. The Morgan fingerprint density at radius 2 is 1.96 bits per heavy atom. The fourth-order valence-electron chi connectivity index (χ4n) is 2.53. The zero-order valence-electron chi connectivity index (χ0n) is 14.2. The summed E-state index contributed by atoms with van der Waals surface area (Å²) in [6.45, 7) is 0.933. The van der Waals surface area contributed by atoms with Crippen molar-refractivity contribution >= 4 is 15.4 Å². The minimum atomic E-state index is -4.34. The topological polar surface area (TPSA) is 166 Å². The molecule has 0 amide bonds. The first-order valence-electron chi connectivity index (χ1n) is 7.39. The zero-order chi connectivity index (χ0) is 19.7. The van der Waals surface area contributed by atoms with Crippen LogP contribution in [0, 0.1) is 6.92 Å². The third-order valence-electron chi connectivity index (χ3n) is 3.97. The van der Waals surface area contributed by atoms with Gasteiger partial charge in [0.1, 0.15) is 6.23 Å². The molecule has 12 nitrogen and oxygen atoms in total. The quantitative estimate of drug-likeness (QED) is 0.521. The van der Waals surface area contributed by atoms with Crippen molar-refractivity contribution in [2.24, 2.45) is 0 Å². The number of rotatable bonds is 7. The molecule has 5 atom stereocenters. The van der Waals surface area contributed by atoms with Crippen molar-refractivity contribution in [3.05, 3.63) is 32.6 Å². The molecule has 1 fully saturated rings. The molecule has 3 N–H and O–H groups in total. The van der Waals surface area contributed by atoms with E-state index in [1.165, 1.54) is 13.1 Å². The van der Waals surface area contributed by atoms with Crippen LogP contribution in [-0.4, -0.2) is 51.9 Å². The fourth-order valence-corrected chi connectivity index (χ4v) is 4.27. The Kier molecular flexibility index (Phi) is 6.42. The highest BCUT2D eigenvalue weighted by atomic mass is 31.2. The predicted molar refractivity (Wildman–Crippen MR) is 88.0 cm³/mol. The van der Waals surface area contributed by atoms with E-state index in [0.29, 0.717) is 0 Å². The van der Waals surface area contributed by atoms with Crippen molar-refractivity contribution < 1.29 is 37.2 Å². The summed E-state index contributed by atoms with van der Waals surface area (Å²) in [5, 5.41) is 0. The van der Waals surface area contributed by atoms with Crippen LogP contribution in [-0.2, 0) is 27.4 Å². The second kappa shape index (κ2) is 7.87. The van der Waals surface area contributed by atoms with Crippen LogP contribution in [0.4, 0.5) is 0 Å². The van der Waals surface area contributed by atoms with Gasteiger partial charge in [-0.15, -0.1) is 0 Å². The summed E-state index contributed by atoms with van der Waals surface area (Å²) >= 11 is 0. The number of aryl methyl sites for hydroxylation is 1. The molecule has 0 radical (unpaired) electrons. The summed E-state index contributed by atoms with van der Waals surface area (Å²) in [4.78, 5) is 44.9. The SMILES string of the molecule is COP(=O)(O)OC[C@H]1O[C@@H](n2cc(C)c(=O)[nH]c2=O)CC1P(=O)(O)OC. The van der Waals surface area contributed by atoms with E-state index in [1.807, 2.05) is 0 Å². The summed E-state index contributed by atoms with van der Waals surface area (Å²) in [6.07, 6.45) is -1.00. The van der Waals surface area contributed by atoms with E-state index in [2.05, 4.69) is 14.0 Å². The Morgan fingerprint density at radius 1 is 1.31 bits per heavy atom. The van der Waals surface area contributed by atoms with E-state index >= 15 is 0 Å². The number of aromatic nitrogens is 2. The van der Waals surface area contributed by atoms with E-state index in [0.717, 1.165) is 18.8 Å². The van der Waals surface area contributed by atoms with Crippen LogP contribution >= 0.6 is 15.4 Å². The van der Waals surface area contributed by atoms with Gasteiger partial charge in [-0.05, 0) is 6.92 Å². The van der Waals surface area contributed by atoms with Gasteiger partial charge < -0.3 is 19.0 Å². The Hall–Kier alpha value is -1.10. The number of phosphoric acid groups is 1. The van der Waals surface area contributed by atoms with Gasteiger partial charge >= 0.3 is 21.1 Å². The molecular weight excluding hydrogens is 394 g/mol. The minimum absolute atomic E-state index is 0.121. The third-order valence-corrected chi connectivity index (χ3v) is 6.82. The van der Waals surface area contributed by atoms with Crippen LogP contribution in [0.15, 0.2) is 15.8 Å². The average Bonchev–Trinajstić information content (AvgIpc) is 3.01. The molecule has 0 saturated carbocycles. The van der Waals surface area contributed by atoms with Crippen molar-refractivity contribution in [3.63, 3.8) is 0 Å². The number of ether oxygens (including phenoxy) is 1. The maximum atomic E-state index is 12.3. The lowest BCUT2D eigenvalue weighted by Crippen LogP contribution is -2.33. The molecule has 14 heteroatoms. The van der Waals surface area contributed by atoms with Crippen LogP contribution in [0.5, 0.6) is 0 Å². The largest absolute Gasteiger partial charge is 0.472 e. The number of nitrogens with zero attached hydrogens (tertiary/aromatic N) is 1. The Bertz CT molecular complexity index is 864. The molecule has 1 aliphatic heterocycles. The monoisotopic (exact) mass is 414 g/mol. The van der Waals surface area contributed by atoms with Crippen LogP contribution in [0.1, 0.15) is 18.2 Å². The van der Waals surface area contributed by atoms with Gasteiger partial charge in [0.15, 0.2) is 0 Å². The lowest BCUT2D eigenvalue weighted by atomic mass is 10.2. The summed E-state index contributed by atoms with van der Waals surface area (Å²) in [6, 6.07) is 0. The van der Waals surface area contributed by atoms with Crippen LogP contribution in [0.3, 0.4) is 0 Å². The van der Waals surface area contributed by atoms with Gasteiger partial charge in [-0.2, -0.15) is 0 Å². The molecule has 1 aromatic heterocycles. The van der Waals surface area contributed by atoms with E-state index in [4.69, 9.17) is 9.26 Å². The lowest BCUT2D eigenvalue weighted by molar-refractivity contribution is -0.0256. The maximum Gasteiger partial charge on any atom is 0.472 e. The smallest absolute Gasteiger partial charge is 0.351 e. The molecule has 148 valence electrons. The molecular formula is C12H20N2O10P2. The van der Waals surface area contributed by atoms with Gasteiger partial charge in [-0.1, -0.05) is 0 Å². The number of nitrogens with one attached hydrogen (secondary N) is 1. The van der Waals surface area contributed by atoms with Crippen molar-refractivity contribution in [2.75, 3.05) is 20.8 Å². The van der Waals surface area contributed by atoms with E-state index in [9.17, 15) is 28.5 Å². The molecule has 26 heavy (non-hydrogen) atoms. The summed E-state index contributed by atoms with van der Waals surface area (Å²) in [7, 11) is -6.50. The van der Waals surface area contributed by atoms with Crippen LogP contribution in [0.25, 0.3) is 0 Å². The molecule has 0 aromatic carbocycles. The second-order valence-electron chi connectivity index (χ2n) is 5.60.